The van der Waals surface area contributed by atoms with Crippen molar-refractivity contribution in [2.45, 2.75) is 29.6 Å². The maximum absolute atomic E-state index is 13.0. The molecule has 0 atom stereocenters. The number of nitro groups is 1. The average Bonchev–Trinajstić information content (AvgIpc) is 2.79. The van der Waals surface area contributed by atoms with Gasteiger partial charge in [0.15, 0.2) is 0 Å². The first kappa shape index (κ1) is 23.9. The van der Waals surface area contributed by atoms with Crippen LogP contribution < -0.4 is 15.2 Å². The summed E-state index contributed by atoms with van der Waals surface area (Å²) >= 11 is 0. The summed E-state index contributed by atoms with van der Waals surface area (Å²) in [6.07, 6.45) is 1.94. The molecule has 1 aliphatic carbocycles. The number of esters is 1. The van der Waals surface area contributed by atoms with E-state index < -0.39 is 26.3 Å². The fraction of sp³-hybridized carbons (Fsp3) is 0.167. The number of amidine groups is 1. The number of rotatable bonds is 8. The number of carbonyl (C=O) groups is 1. The third kappa shape index (κ3) is 4.85. The van der Waals surface area contributed by atoms with Crippen molar-refractivity contribution in [3.63, 3.8) is 0 Å². The summed E-state index contributed by atoms with van der Waals surface area (Å²) in [4.78, 5) is 23.4. The van der Waals surface area contributed by atoms with Gasteiger partial charge in [0.2, 0.25) is 0 Å². The highest BCUT2D eigenvalue weighted by molar-refractivity contribution is 7.92. The number of anilines is 1. The Labute approximate surface area is 201 Å². The average molecular weight is 495 g/mol. The van der Waals surface area contributed by atoms with E-state index in [1.54, 1.807) is 12.1 Å². The summed E-state index contributed by atoms with van der Waals surface area (Å²) in [5.74, 6) is -0.424. The largest absolute Gasteiger partial charge is 0.426 e. The molecule has 4 N–H and O–H groups in total. The van der Waals surface area contributed by atoms with Crippen LogP contribution in [0.4, 0.5) is 11.4 Å². The Morgan fingerprint density at radius 2 is 1.60 bits per heavy atom. The maximum Gasteiger partial charge on any atom is 0.321 e. The number of nitrogens with two attached hydrogens (primary N) is 1. The minimum atomic E-state index is -3.90. The Balaban J connectivity index is 1.46. The summed E-state index contributed by atoms with van der Waals surface area (Å²) in [5, 5.41) is 18.3. The van der Waals surface area contributed by atoms with Crippen molar-refractivity contribution >= 4 is 33.2 Å². The van der Waals surface area contributed by atoms with Crippen LogP contribution in [-0.2, 0) is 20.2 Å². The van der Waals surface area contributed by atoms with Crippen molar-refractivity contribution in [1.82, 2.24) is 0 Å². The molecule has 1 saturated carbocycles. The predicted molar refractivity (Wildman–Crippen MR) is 129 cm³/mol. The van der Waals surface area contributed by atoms with Crippen LogP contribution in [0.15, 0.2) is 77.7 Å². The monoisotopic (exact) mass is 494 g/mol. The minimum absolute atomic E-state index is 0.0262. The van der Waals surface area contributed by atoms with Crippen molar-refractivity contribution in [3.05, 3.63) is 94.0 Å². The van der Waals surface area contributed by atoms with Crippen molar-refractivity contribution in [2.75, 3.05) is 4.72 Å². The van der Waals surface area contributed by atoms with Gasteiger partial charge in [0.05, 0.1) is 15.2 Å². The van der Waals surface area contributed by atoms with Gasteiger partial charge in [0, 0.05) is 23.4 Å². The molecule has 0 spiro atoms. The number of hydrogen-bond acceptors (Lipinski definition) is 7. The van der Waals surface area contributed by atoms with Crippen LogP contribution in [0, 0.1) is 15.5 Å². The Bertz CT molecular complexity index is 1380. The number of nitro benzene ring substituents is 1. The zero-order chi connectivity index (χ0) is 25.2. The number of nitrogen functional groups attached to an aromatic ring is 1. The molecule has 0 amide bonds. The van der Waals surface area contributed by atoms with Crippen LogP contribution in [0.2, 0.25) is 0 Å². The minimum Gasteiger partial charge on any atom is -0.426 e. The van der Waals surface area contributed by atoms with E-state index in [2.05, 4.69) is 4.72 Å². The van der Waals surface area contributed by atoms with E-state index in [1.165, 1.54) is 60.7 Å². The Morgan fingerprint density at radius 3 is 2.09 bits per heavy atom. The Hall–Kier alpha value is -4.25. The van der Waals surface area contributed by atoms with Crippen LogP contribution in [0.1, 0.15) is 30.4 Å². The van der Waals surface area contributed by atoms with Crippen LogP contribution in [0.3, 0.4) is 0 Å². The third-order valence-electron chi connectivity index (χ3n) is 6.02. The molecular weight excluding hydrogens is 472 g/mol. The Morgan fingerprint density at radius 1 is 1.00 bits per heavy atom. The molecule has 10 nitrogen and oxygen atoms in total. The van der Waals surface area contributed by atoms with Gasteiger partial charge in [0.25, 0.3) is 15.7 Å². The molecule has 0 aromatic heterocycles. The standard InChI is InChI=1S/C24H22N4O6S/c25-22(26)16-2-6-18(7-3-16)27-35(32,33)21-12-10-20(11-13-21)34-23(29)24(14-1-15-24)17-4-8-19(9-5-17)28(30)31/h2-13,27H,1,14-15H2,(H3,25,26). The van der Waals surface area contributed by atoms with Crippen LogP contribution in [0.25, 0.3) is 0 Å². The lowest BCUT2D eigenvalue weighted by molar-refractivity contribution is -0.384. The van der Waals surface area contributed by atoms with Gasteiger partial charge in [-0.05, 0) is 66.9 Å². The highest BCUT2D eigenvalue weighted by atomic mass is 32.2. The SMILES string of the molecule is N=C(N)c1ccc(NS(=O)(=O)c2ccc(OC(=O)C3(c4ccc([N+](=O)[O-])cc4)CCC3)cc2)cc1. The Kier molecular flexibility index (Phi) is 6.27. The molecule has 0 bridgehead atoms. The zero-order valence-corrected chi connectivity index (χ0v) is 19.2. The maximum atomic E-state index is 13.0. The number of nitrogens with zero attached hydrogens (tertiary/aromatic N) is 1. The molecule has 0 saturated heterocycles. The molecule has 0 aliphatic heterocycles. The van der Waals surface area contributed by atoms with E-state index in [4.69, 9.17) is 15.9 Å². The molecule has 3 aromatic carbocycles. The van der Waals surface area contributed by atoms with E-state index >= 15 is 0 Å². The number of carbonyl (C=O) groups excluding carboxylic acids is 1. The van der Waals surface area contributed by atoms with E-state index in [0.29, 0.717) is 29.7 Å². The first-order valence-corrected chi connectivity index (χ1v) is 12.1. The van der Waals surface area contributed by atoms with Gasteiger partial charge in [-0.15, -0.1) is 0 Å². The first-order valence-electron chi connectivity index (χ1n) is 10.7. The van der Waals surface area contributed by atoms with Crippen LogP contribution >= 0.6 is 0 Å². The molecule has 0 radical (unpaired) electrons. The highest BCUT2D eigenvalue weighted by Crippen LogP contribution is 2.45. The number of hydrogen-bond donors (Lipinski definition) is 3. The second-order valence-electron chi connectivity index (χ2n) is 8.20. The molecule has 180 valence electrons. The second kappa shape index (κ2) is 9.18. The lowest BCUT2D eigenvalue weighted by atomic mass is 9.64. The van der Waals surface area contributed by atoms with Crippen molar-refractivity contribution in [2.24, 2.45) is 5.73 Å². The molecule has 0 unspecified atom stereocenters. The predicted octanol–water partition coefficient (Wildman–Crippen LogP) is 3.71. The van der Waals surface area contributed by atoms with Crippen molar-refractivity contribution in [3.8, 4) is 5.75 Å². The summed E-state index contributed by atoms with van der Waals surface area (Å²) in [5.41, 5.74) is 5.89. The van der Waals surface area contributed by atoms with Crippen molar-refractivity contribution in [1.29, 1.82) is 5.41 Å². The summed E-state index contributed by atoms with van der Waals surface area (Å²) in [6.45, 7) is 0. The lowest BCUT2D eigenvalue weighted by Gasteiger charge is -2.39. The van der Waals surface area contributed by atoms with E-state index in [0.717, 1.165) is 6.42 Å². The fourth-order valence-electron chi connectivity index (χ4n) is 3.87. The van der Waals surface area contributed by atoms with Gasteiger partial charge in [0.1, 0.15) is 11.6 Å². The normalized spacial score (nSPS) is 14.4. The topological polar surface area (TPSA) is 165 Å². The molecule has 11 heteroatoms. The summed E-state index contributed by atoms with van der Waals surface area (Å²) < 4.78 is 33.4. The molecule has 0 heterocycles. The van der Waals surface area contributed by atoms with Crippen molar-refractivity contribution < 1.29 is 22.9 Å². The molecule has 4 rings (SSSR count). The van der Waals surface area contributed by atoms with Gasteiger partial charge in [-0.25, -0.2) is 8.42 Å². The number of benzene rings is 3. The first-order chi connectivity index (χ1) is 16.6. The summed E-state index contributed by atoms with van der Waals surface area (Å²) in [6, 6.07) is 17.4. The van der Waals surface area contributed by atoms with E-state index in [9.17, 15) is 23.3 Å². The molecule has 1 aliphatic rings. The van der Waals surface area contributed by atoms with Crippen LogP contribution in [-0.4, -0.2) is 25.1 Å². The van der Waals surface area contributed by atoms with Gasteiger partial charge in [-0.3, -0.25) is 25.0 Å². The molecule has 3 aromatic rings. The van der Waals surface area contributed by atoms with Gasteiger partial charge in [-0.1, -0.05) is 18.6 Å². The van der Waals surface area contributed by atoms with E-state index in [-0.39, 0.29) is 22.2 Å². The number of nitrogens with one attached hydrogen (secondary N) is 2. The zero-order valence-electron chi connectivity index (χ0n) is 18.4. The lowest BCUT2D eigenvalue weighted by Crippen LogP contribution is -2.45. The summed E-state index contributed by atoms with van der Waals surface area (Å²) in [7, 11) is -3.90. The highest BCUT2D eigenvalue weighted by Gasteiger charge is 2.47. The quantitative estimate of drug-likeness (QED) is 0.107. The molecule has 35 heavy (non-hydrogen) atoms. The van der Waals surface area contributed by atoms with Gasteiger partial charge >= 0.3 is 5.97 Å². The van der Waals surface area contributed by atoms with Crippen LogP contribution in [0.5, 0.6) is 5.75 Å². The van der Waals surface area contributed by atoms with Gasteiger partial charge in [-0.2, -0.15) is 0 Å². The van der Waals surface area contributed by atoms with E-state index in [1.807, 2.05) is 0 Å². The fourth-order valence-corrected chi connectivity index (χ4v) is 4.93. The second-order valence-corrected chi connectivity index (χ2v) is 9.88. The number of non-ortho nitro benzene ring substituents is 1. The number of sulfonamides is 1. The molecule has 1 fully saturated rings. The smallest absolute Gasteiger partial charge is 0.321 e. The third-order valence-corrected chi connectivity index (χ3v) is 7.42. The molecular formula is C24H22N4O6S. The number of ether oxygens (including phenoxy) is 1. The van der Waals surface area contributed by atoms with Gasteiger partial charge < -0.3 is 10.5 Å².